The maximum atomic E-state index is 11.5. The van der Waals surface area contributed by atoms with E-state index in [2.05, 4.69) is 10.6 Å². The number of carbonyl (C=O) groups is 1. The summed E-state index contributed by atoms with van der Waals surface area (Å²) in [5, 5.41) is 5.92. The Labute approximate surface area is 84.4 Å². The highest BCUT2D eigenvalue weighted by molar-refractivity contribution is 5.75. The Kier molecular flexibility index (Phi) is 2.39. The van der Waals surface area contributed by atoms with Crippen LogP contribution < -0.4 is 10.6 Å². The minimum Gasteiger partial charge on any atom is -0.376 e. The molecule has 1 aliphatic carbocycles. The molecule has 1 saturated heterocycles. The van der Waals surface area contributed by atoms with Crippen LogP contribution in [0.15, 0.2) is 0 Å². The topological polar surface area (TPSA) is 50.4 Å². The highest BCUT2D eigenvalue weighted by atomic mass is 16.5. The maximum absolute atomic E-state index is 11.5. The number of ether oxygens (including phenoxy) is 1. The number of carbonyl (C=O) groups excluding carboxylic acids is 1. The number of nitrogens with one attached hydrogen (secondary N) is 2. The molecule has 2 aliphatic rings. The maximum Gasteiger partial charge on any atom is 0.315 e. The zero-order chi connectivity index (χ0) is 10.2. The third-order valence-electron chi connectivity index (χ3n) is 3.20. The van der Waals surface area contributed by atoms with Crippen molar-refractivity contribution >= 4 is 6.03 Å². The van der Waals surface area contributed by atoms with Crippen molar-refractivity contribution in [1.82, 2.24) is 10.6 Å². The van der Waals surface area contributed by atoms with Gasteiger partial charge in [-0.3, -0.25) is 0 Å². The average molecular weight is 198 g/mol. The van der Waals surface area contributed by atoms with Gasteiger partial charge in [0.25, 0.3) is 0 Å². The first-order valence-corrected chi connectivity index (χ1v) is 5.30. The molecule has 0 aromatic rings. The molecule has 4 nitrogen and oxygen atoms in total. The normalized spacial score (nSPS) is 36.9. The number of hydrogen-bond acceptors (Lipinski definition) is 2. The molecular formula is C10H18N2O2. The Morgan fingerprint density at radius 3 is 2.71 bits per heavy atom. The van der Waals surface area contributed by atoms with E-state index in [9.17, 15) is 4.79 Å². The molecule has 0 aromatic carbocycles. The zero-order valence-corrected chi connectivity index (χ0v) is 8.80. The molecule has 80 valence electrons. The molecule has 0 bridgehead atoms. The second kappa shape index (κ2) is 3.42. The number of rotatable bonds is 2. The van der Waals surface area contributed by atoms with E-state index in [1.807, 2.05) is 13.8 Å². The van der Waals surface area contributed by atoms with Crippen LogP contribution in [-0.2, 0) is 4.74 Å². The number of amides is 2. The number of hydrogen-bond donors (Lipinski definition) is 2. The minimum atomic E-state index is -0.195. The molecule has 2 atom stereocenters. The summed E-state index contributed by atoms with van der Waals surface area (Å²) in [5.41, 5.74) is -0.195. The summed E-state index contributed by atoms with van der Waals surface area (Å²) in [6.07, 6.45) is 3.24. The van der Waals surface area contributed by atoms with Crippen molar-refractivity contribution in [3.05, 3.63) is 0 Å². The highest BCUT2D eigenvalue weighted by Crippen LogP contribution is 2.25. The molecule has 14 heavy (non-hydrogen) atoms. The van der Waals surface area contributed by atoms with E-state index in [0.717, 1.165) is 25.9 Å². The van der Waals surface area contributed by atoms with Crippen LogP contribution in [0.25, 0.3) is 0 Å². The van der Waals surface area contributed by atoms with Gasteiger partial charge < -0.3 is 15.4 Å². The van der Waals surface area contributed by atoms with E-state index in [0.29, 0.717) is 6.04 Å². The van der Waals surface area contributed by atoms with Crippen LogP contribution in [0.2, 0.25) is 0 Å². The molecule has 2 rings (SSSR count). The van der Waals surface area contributed by atoms with Crippen LogP contribution in [0, 0.1) is 0 Å². The predicted molar refractivity (Wildman–Crippen MR) is 53.1 cm³/mol. The van der Waals surface area contributed by atoms with Crippen molar-refractivity contribution < 1.29 is 9.53 Å². The standard InChI is InChI=1S/C10H18N2O2/c1-7-10(2,5-6-14-7)12-9(13)11-8-3-4-8/h7-8H,3-6H2,1-2H3,(H2,11,12,13). The summed E-state index contributed by atoms with van der Waals surface area (Å²) in [7, 11) is 0. The Morgan fingerprint density at radius 1 is 1.50 bits per heavy atom. The Morgan fingerprint density at radius 2 is 2.21 bits per heavy atom. The van der Waals surface area contributed by atoms with Gasteiger partial charge in [-0.25, -0.2) is 4.79 Å². The predicted octanol–water partition coefficient (Wildman–Crippen LogP) is 1.02. The Hall–Kier alpha value is -0.770. The van der Waals surface area contributed by atoms with Gasteiger partial charge >= 0.3 is 6.03 Å². The average Bonchev–Trinajstić information content (AvgIpc) is 2.82. The van der Waals surface area contributed by atoms with E-state index < -0.39 is 0 Å². The summed E-state index contributed by atoms with van der Waals surface area (Å²) < 4.78 is 5.45. The SMILES string of the molecule is CC1OCCC1(C)NC(=O)NC1CC1. The van der Waals surface area contributed by atoms with Gasteiger partial charge in [-0.05, 0) is 33.1 Å². The van der Waals surface area contributed by atoms with Gasteiger partial charge in [-0.1, -0.05) is 0 Å². The molecule has 2 amide bonds. The van der Waals surface area contributed by atoms with Gasteiger partial charge in [-0.2, -0.15) is 0 Å². The van der Waals surface area contributed by atoms with Gasteiger partial charge in [0.2, 0.25) is 0 Å². The van der Waals surface area contributed by atoms with Crippen LogP contribution in [0.4, 0.5) is 4.79 Å². The lowest BCUT2D eigenvalue weighted by Crippen LogP contribution is -2.54. The van der Waals surface area contributed by atoms with Gasteiger partial charge in [0.15, 0.2) is 0 Å². The van der Waals surface area contributed by atoms with E-state index >= 15 is 0 Å². The molecule has 2 unspecified atom stereocenters. The van der Waals surface area contributed by atoms with Gasteiger partial charge in [-0.15, -0.1) is 0 Å². The van der Waals surface area contributed by atoms with Crippen molar-refractivity contribution in [2.24, 2.45) is 0 Å². The molecule has 1 saturated carbocycles. The minimum absolute atomic E-state index is 0.0487. The smallest absolute Gasteiger partial charge is 0.315 e. The molecule has 0 spiro atoms. The van der Waals surface area contributed by atoms with Crippen LogP contribution in [0.3, 0.4) is 0 Å². The molecule has 1 aliphatic heterocycles. The Balaban J connectivity index is 1.84. The third kappa shape index (κ3) is 2.00. The van der Waals surface area contributed by atoms with Crippen LogP contribution in [0.5, 0.6) is 0 Å². The highest BCUT2D eigenvalue weighted by Gasteiger charge is 2.38. The Bertz CT molecular complexity index is 240. The van der Waals surface area contributed by atoms with Crippen molar-refractivity contribution in [3.8, 4) is 0 Å². The largest absolute Gasteiger partial charge is 0.376 e. The summed E-state index contributed by atoms with van der Waals surface area (Å²) in [5.74, 6) is 0. The summed E-state index contributed by atoms with van der Waals surface area (Å²) >= 11 is 0. The molecule has 0 aromatic heterocycles. The third-order valence-corrected chi connectivity index (χ3v) is 3.20. The van der Waals surface area contributed by atoms with E-state index in [4.69, 9.17) is 4.74 Å². The van der Waals surface area contributed by atoms with Gasteiger partial charge in [0, 0.05) is 12.6 Å². The fourth-order valence-corrected chi connectivity index (χ4v) is 1.71. The van der Waals surface area contributed by atoms with E-state index in [1.54, 1.807) is 0 Å². The summed E-state index contributed by atoms with van der Waals surface area (Å²) in [6.45, 7) is 4.78. The van der Waals surface area contributed by atoms with Crippen molar-refractivity contribution in [1.29, 1.82) is 0 Å². The first-order valence-electron chi connectivity index (χ1n) is 5.30. The lowest BCUT2D eigenvalue weighted by Gasteiger charge is -2.28. The van der Waals surface area contributed by atoms with Crippen LogP contribution in [-0.4, -0.2) is 30.3 Å². The van der Waals surface area contributed by atoms with Gasteiger partial charge in [0.1, 0.15) is 0 Å². The second-order valence-corrected chi connectivity index (χ2v) is 4.55. The van der Waals surface area contributed by atoms with Gasteiger partial charge in [0.05, 0.1) is 11.6 Å². The van der Waals surface area contributed by atoms with Crippen molar-refractivity contribution in [2.45, 2.75) is 50.8 Å². The quantitative estimate of drug-likeness (QED) is 0.696. The first-order chi connectivity index (χ1) is 6.60. The van der Waals surface area contributed by atoms with E-state index in [1.165, 1.54) is 0 Å². The lowest BCUT2D eigenvalue weighted by atomic mass is 9.95. The second-order valence-electron chi connectivity index (χ2n) is 4.55. The molecule has 0 radical (unpaired) electrons. The molecule has 2 fully saturated rings. The van der Waals surface area contributed by atoms with Crippen molar-refractivity contribution in [2.75, 3.05) is 6.61 Å². The molecular weight excluding hydrogens is 180 g/mol. The molecule has 1 heterocycles. The zero-order valence-electron chi connectivity index (χ0n) is 8.80. The van der Waals surface area contributed by atoms with Crippen LogP contribution >= 0.6 is 0 Å². The van der Waals surface area contributed by atoms with Crippen LogP contribution in [0.1, 0.15) is 33.1 Å². The monoisotopic (exact) mass is 198 g/mol. The first kappa shape index (κ1) is 9.77. The summed E-state index contributed by atoms with van der Waals surface area (Å²) in [6, 6.07) is 0.364. The fraction of sp³-hybridized carbons (Fsp3) is 0.900. The number of urea groups is 1. The molecule has 2 N–H and O–H groups in total. The lowest BCUT2D eigenvalue weighted by molar-refractivity contribution is 0.0911. The molecule has 4 heteroatoms. The fourth-order valence-electron chi connectivity index (χ4n) is 1.71. The summed E-state index contributed by atoms with van der Waals surface area (Å²) in [4.78, 5) is 11.5. The van der Waals surface area contributed by atoms with E-state index in [-0.39, 0.29) is 17.7 Å². The van der Waals surface area contributed by atoms with Crippen molar-refractivity contribution in [3.63, 3.8) is 0 Å².